The Balaban J connectivity index is 1.89. The number of amides is 2. The van der Waals surface area contributed by atoms with Crippen molar-refractivity contribution in [3.05, 3.63) is 90.9 Å². The number of aliphatic imine (C=N–C) groups is 1. The smallest absolute Gasteiger partial charge is 0.249 e. The Hall–Kier alpha value is -3.83. The molecule has 0 bridgehead atoms. The van der Waals surface area contributed by atoms with Crippen LogP contribution in [-0.4, -0.2) is 45.3 Å². The zero-order valence-corrected chi connectivity index (χ0v) is 24.3. The molecule has 2 atom stereocenters. The van der Waals surface area contributed by atoms with Gasteiger partial charge >= 0.3 is 0 Å². The van der Waals surface area contributed by atoms with E-state index in [0.29, 0.717) is 24.2 Å². The second-order valence-corrected chi connectivity index (χ2v) is 11.3. The van der Waals surface area contributed by atoms with Crippen molar-refractivity contribution in [2.75, 3.05) is 11.4 Å². The minimum atomic E-state index is -2.03. The molecule has 1 unspecified atom stereocenters. The van der Waals surface area contributed by atoms with Crippen LogP contribution in [0.15, 0.2) is 90.3 Å². The Kier molecular flexibility index (Phi) is 11.4. The lowest BCUT2D eigenvalue weighted by Gasteiger charge is -2.33. The van der Waals surface area contributed by atoms with Crippen molar-refractivity contribution >= 4 is 75.2 Å². The van der Waals surface area contributed by atoms with Gasteiger partial charge in [-0.2, -0.15) is 0 Å². The molecule has 3 aromatic rings. The largest absolute Gasteiger partial charge is 0.370 e. The molecule has 0 radical (unpaired) electrons. The van der Waals surface area contributed by atoms with Crippen LogP contribution in [0.1, 0.15) is 18.4 Å². The fourth-order valence-electron chi connectivity index (χ4n) is 3.83. The standard InChI is InChI=1S/C28H31Cl3N8O2/c1-18(37-26(28(29,30)31)38-23(40)15-14-19-8-3-2-4-9-19)39(25(41)21(32)12-7-17-36-27(33)34)22-13-5-10-20-11-6-16-35-24(20)22/h2-6,8-11,13-16,21,26,37H,1,7,12,17,32H2,(H,38,40)(H4,33,34,36)/b15-14+/t21-,26?/m0/s1. The molecule has 1 aromatic heterocycles. The number of carbonyl (C=O) groups excluding carboxylic acids is 2. The van der Waals surface area contributed by atoms with E-state index in [1.807, 2.05) is 42.5 Å². The highest BCUT2D eigenvalue weighted by molar-refractivity contribution is 6.68. The average molecular weight is 618 g/mol. The molecule has 3 rings (SSSR count). The second kappa shape index (κ2) is 14.7. The number of carbonyl (C=O) groups is 2. The second-order valence-electron chi connectivity index (χ2n) is 8.90. The molecule has 1 heterocycles. The molecule has 0 saturated heterocycles. The number of alkyl halides is 3. The molecule has 0 aliphatic carbocycles. The fourth-order valence-corrected chi connectivity index (χ4v) is 4.16. The number of benzene rings is 2. The number of rotatable bonds is 12. The molecule has 2 amide bonds. The summed E-state index contributed by atoms with van der Waals surface area (Å²) in [5.41, 5.74) is 18.8. The third kappa shape index (κ3) is 9.36. The zero-order chi connectivity index (χ0) is 30.0. The van der Waals surface area contributed by atoms with Crippen LogP contribution in [0.25, 0.3) is 17.0 Å². The lowest BCUT2D eigenvalue weighted by molar-refractivity contribution is -0.119. The van der Waals surface area contributed by atoms with E-state index in [4.69, 9.17) is 52.0 Å². The quantitative estimate of drug-likeness (QED) is 0.0518. The number of pyridine rings is 1. The third-order valence-corrected chi connectivity index (χ3v) is 6.43. The van der Waals surface area contributed by atoms with E-state index in [9.17, 15) is 9.59 Å². The first-order valence-corrected chi connectivity index (χ1v) is 13.6. The minimum absolute atomic E-state index is 0.00325. The predicted molar refractivity (Wildman–Crippen MR) is 167 cm³/mol. The Labute approximate surface area is 253 Å². The van der Waals surface area contributed by atoms with Gasteiger partial charge in [-0.05, 0) is 36.6 Å². The maximum absolute atomic E-state index is 13.8. The van der Waals surface area contributed by atoms with Gasteiger partial charge in [0.25, 0.3) is 0 Å². The van der Waals surface area contributed by atoms with E-state index in [0.717, 1.165) is 10.9 Å². The van der Waals surface area contributed by atoms with Gasteiger partial charge in [0.1, 0.15) is 12.0 Å². The molecular formula is C28H31Cl3N8O2. The summed E-state index contributed by atoms with van der Waals surface area (Å²) in [6, 6.07) is 17.2. The number of hydrogen-bond donors (Lipinski definition) is 5. The van der Waals surface area contributed by atoms with Gasteiger partial charge in [0.15, 0.2) is 5.96 Å². The van der Waals surface area contributed by atoms with Gasteiger partial charge in [0.2, 0.25) is 15.6 Å². The number of nitrogens with one attached hydrogen (secondary N) is 2. The number of para-hydroxylation sites is 1. The van der Waals surface area contributed by atoms with Crippen LogP contribution >= 0.6 is 34.8 Å². The minimum Gasteiger partial charge on any atom is -0.370 e. The molecule has 8 N–H and O–H groups in total. The zero-order valence-electron chi connectivity index (χ0n) is 22.0. The van der Waals surface area contributed by atoms with Gasteiger partial charge in [-0.3, -0.25) is 24.5 Å². The molecule has 41 heavy (non-hydrogen) atoms. The maximum atomic E-state index is 13.8. The normalized spacial score (nSPS) is 12.9. The first-order chi connectivity index (χ1) is 19.5. The summed E-state index contributed by atoms with van der Waals surface area (Å²) in [6.07, 6.45) is 3.94. The molecular weight excluding hydrogens is 587 g/mol. The van der Waals surface area contributed by atoms with Crippen LogP contribution in [0.2, 0.25) is 0 Å². The summed E-state index contributed by atoms with van der Waals surface area (Å²) in [4.78, 5) is 36.1. The van der Waals surface area contributed by atoms with Crippen LogP contribution in [0.3, 0.4) is 0 Å². The Morgan fingerprint density at radius 1 is 1.05 bits per heavy atom. The highest BCUT2D eigenvalue weighted by atomic mass is 35.6. The van der Waals surface area contributed by atoms with E-state index < -0.39 is 27.8 Å². The maximum Gasteiger partial charge on any atom is 0.249 e. The predicted octanol–water partition coefficient (Wildman–Crippen LogP) is 3.54. The Morgan fingerprint density at radius 2 is 1.76 bits per heavy atom. The van der Waals surface area contributed by atoms with E-state index in [1.54, 1.807) is 30.5 Å². The Bertz CT molecular complexity index is 1420. The van der Waals surface area contributed by atoms with Gasteiger partial charge in [0, 0.05) is 24.2 Å². The van der Waals surface area contributed by atoms with E-state index >= 15 is 0 Å². The number of halogens is 3. The fraction of sp³-hybridized carbons (Fsp3) is 0.214. The summed E-state index contributed by atoms with van der Waals surface area (Å²) in [5, 5.41) is 6.26. The number of fused-ring (bicyclic) bond motifs is 1. The Morgan fingerprint density at radius 3 is 2.44 bits per heavy atom. The van der Waals surface area contributed by atoms with Crippen molar-refractivity contribution in [1.29, 1.82) is 0 Å². The van der Waals surface area contributed by atoms with Gasteiger partial charge in [-0.25, -0.2) is 0 Å². The van der Waals surface area contributed by atoms with Crippen molar-refractivity contribution in [2.24, 2.45) is 22.2 Å². The van der Waals surface area contributed by atoms with E-state index in [2.05, 4.69) is 27.2 Å². The van der Waals surface area contributed by atoms with Crippen molar-refractivity contribution < 1.29 is 9.59 Å². The SMILES string of the molecule is C=C(NC(NC(=O)/C=C/c1ccccc1)C(Cl)(Cl)Cl)N(C(=O)[C@@H](N)CCCN=C(N)N)c1cccc2cccnc12. The molecule has 0 spiro atoms. The summed E-state index contributed by atoms with van der Waals surface area (Å²) >= 11 is 18.7. The summed E-state index contributed by atoms with van der Waals surface area (Å²) in [7, 11) is 0. The molecule has 2 aromatic carbocycles. The molecule has 13 heteroatoms. The first-order valence-electron chi connectivity index (χ1n) is 12.5. The van der Waals surface area contributed by atoms with Gasteiger partial charge < -0.3 is 27.8 Å². The topological polar surface area (TPSA) is 165 Å². The van der Waals surface area contributed by atoms with Crippen molar-refractivity contribution in [1.82, 2.24) is 15.6 Å². The number of aromatic nitrogens is 1. The van der Waals surface area contributed by atoms with Gasteiger partial charge in [-0.15, -0.1) is 0 Å². The van der Waals surface area contributed by atoms with Crippen molar-refractivity contribution in [2.45, 2.75) is 28.8 Å². The van der Waals surface area contributed by atoms with Crippen LogP contribution in [0.5, 0.6) is 0 Å². The van der Waals surface area contributed by atoms with Crippen LogP contribution in [-0.2, 0) is 9.59 Å². The number of nitrogens with zero attached hydrogens (tertiary/aromatic N) is 3. The molecule has 10 nitrogen and oxygen atoms in total. The highest BCUT2D eigenvalue weighted by Gasteiger charge is 2.36. The molecule has 216 valence electrons. The molecule has 0 aliphatic rings. The van der Waals surface area contributed by atoms with Gasteiger partial charge in [-0.1, -0.05) is 89.9 Å². The van der Waals surface area contributed by atoms with E-state index in [-0.39, 0.29) is 18.2 Å². The summed E-state index contributed by atoms with van der Waals surface area (Å²) in [6.45, 7) is 4.33. The molecule has 0 fully saturated rings. The van der Waals surface area contributed by atoms with Crippen LogP contribution < -0.4 is 32.7 Å². The summed E-state index contributed by atoms with van der Waals surface area (Å²) < 4.78 is -2.03. The van der Waals surface area contributed by atoms with Crippen LogP contribution in [0, 0.1) is 0 Å². The number of guanidine groups is 1. The molecule has 0 saturated carbocycles. The average Bonchev–Trinajstić information content (AvgIpc) is 2.94. The number of anilines is 1. The monoisotopic (exact) mass is 616 g/mol. The van der Waals surface area contributed by atoms with Crippen LogP contribution in [0.4, 0.5) is 5.69 Å². The number of hydrogen-bond acceptors (Lipinski definition) is 6. The van der Waals surface area contributed by atoms with Crippen molar-refractivity contribution in [3.8, 4) is 0 Å². The highest BCUT2D eigenvalue weighted by Crippen LogP contribution is 2.32. The van der Waals surface area contributed by atoms with E-state index in [1.165, 1.54) is 11.0 Å². The third-order valence-electron chi connectivity index (χ3n) is 5.78. The first kappa shape index (κ1) is 31.7. The summed E-state index contributed by atoms with van der Waals surface area (Å²) in [5.74, 6) is -1.11. The molecule has 0 aliphatic heterocycles. The number of nitrogens with two attached hydrogens (primary N) is 3. The van der Waals surface area contributed by atoms with Gasteiger partial charge in [0.05, 0.1) is 17.2 Å². The lowest BCUT2D eigenvalue weighted by Crippen LogP contribution is -2.56. The van der Waals surface area contributed by atoms with Crippen molar-refractivity contribution in [3.63, 3.8) is 0 Å². The lowest BCUT2D eigenvalue weighted by atomic mass is 10.1.